The van der Waals surface area contributed by atoms with Crippen LogP contribution in [0.2, 0.25) is 0 Å². The van der Waals surface area contributed by atoms with Gasteiger partial charge in [-0.3, -0.25) is 4.79 Å². The van der Waals surface area contributed by atoms with Crippen molar-refractivity contribution in [3.8, 4) is 0 Å². The lowest BCUT2D eigenvalue weighted by molar-refractivity contribution is -0.119. The van der Waals surface area contributed by atoms with E-state index in [-0.39, 0.29) is 12.5 Å². The SMILES string of the molecule is CCCNC(=O)CN=C(NCC)N1CCC(COC)C1. The largest absolute Gasteiger partial charge is 0.384 e. The van der Waals surface area contributed by atoms with Gasteiger partial charge in [0.05, 0.1) is 6.61 Å². The summed E-state index contributed by atoms with van der Waals surface area (Å²) in [5, 5.41) is 6.09. The number of hydrogen-bond acceptors (Lipinski definition) is 3. The van der Waals surface area contributed by atoms with E-state index >= 15 is 0 Å². The number of carbonyl (C=O) groups is 1. The highest BCUT2D eigenvalue weighted by Gasteiger charge is 2.24. The first kappa shape index (κ1) is 16.8. The Hall–Kier alpha value is -1.30. The standard InChI is InChI=1S/C14H28N4O2/c1-4-7-16-13(19)9-17-14(15-5-2)18-8-6-12(10-18)11-20-3/h12H,4-11H2,1-3H3,(H,15,17)(H,16,19). The van der Waals surface area contributed by atoms with E-state index < -0.39 is 0 Å². The van der Waals surface area contributed by atoms with Crippen LogP contribution in [0.1, 0.15) is 26.7 Å². The minimum Gasteiger partial charge on any atom is -0.384 e. The minimum absolute atomic E-state index is 0.0186. The third kappa shape index (κ3) is 5.77. The number of hydrogen-bond donors (Lipinski definition) is 2. The topological polar surface area (TPSA) is 66.0 Å². The predicted octanol–water partition coefficient (Wildman–Crippen LogP) is 0.446. The van der Waals surface area contributed by atoms with Crippen molar-refractivity contribution in [3.63, 3.8) is 0 Å². The number of nitrogens with one attached hydrogen (secondary N) is 2. The molecule has 0 aliphatic carbocycles. The van der Waals surface area contributed by atoms with Crippen LogP contribution in [0.5, 0.6) is 0 Å². The molecule has 1 aliphatic heterocycles. The first-order valence-electron chi connectivity index (χ1n) is 7.50. The summed E-state index contributed by atoms with van der Waals surface area (Å²) >= 11 is 0. The van der Waals surface area contributed by atoms with Crippen molar-refractivity contribution in [2.24, 2.45) is 10.9 Å². The molecule has 0 aromatic carbocycles. The lowest BCUT2D eigenvalue weighted by Crippen LogP contribution is -2.41. The Bertz CT molecular complexity index is 320. The molecule has 0 aromatic rings. The smallest absolute Gasteiger partial charge is 0.241 e. The van der Waals surface area contributed by atoms with Crippen LogP contribution in [0.3, 0.4) is 0 Å². The molecule has 1 saturated heterocycles. The van der Waals surface area contributed by atoms with Gasteiger partial charge in [0, 0.05) is 39.2 Å². The van der Waals surface area contributed by atoms with Crippen LogP contribution >= 0.6 is 0 Å². The van der Waals surface area contributed by atoms with Crippen LogP contribution in [0.4, 0.5) is 0 Å². The first-order chi connectivity index (χ1) is 9.71. The van der Waals surface area contributed by atoms with Gasteiger partial charge >= 0.3 is 0 Å². The van der Waals surface area contributed by atoms with Gasteiger partial charge in [-0.15, -0.1) is 0 Å². The zero-order valence-electron chi connectivity index (χ0n) is 12.9. The Morgan fingerprint density at radius 2 is 2.20 bits per heavy atom. The summed E-state index contributed by atoms with van der Waals surface area (Å²) in [6.07, 6.45) is 2.06. The maximum absolute atomic E-state index is 11.6. The molecule has 0 aromatic heterocycles. The lowest BCUT2D eigenvalue weighted by atomic mass is 10.1. The van der Waals surface area contributed by atoms with E-state index in [1.54, 1.807) is 7.11 Å². The summed E-state index contributed by atoms with van der Waals surface area (Å²) in [6.45, 7) is 8.47. The van der Waals surface area contributed by atoms with Gasteiger partial charge in [-0.2, -0.15) is 0 Å². The second-order valence-electron chi connectivity index (χ2n) is 5.08. The summed E-state index contributed by atoms with van der Waals surface area (Å²) in [6, 6.07) is 0. The Morgan fingerprint density at radius 3 is 2.85 bits per heavy atom. The van der Waals surface area contributed by atoms with E-state index in [0.29, 0.717) is 12.5 Å². The van der Waals surface area contributed by atoms with E-state index in [4.69, 9.17) is 4.74 Å². The number of nitrogens with zero attached hydrogens (tertiary/aromatic N) is 2. The number of aliphatic imine (C=N–C) groups is 1. The molecule has 0 radical (unpaired) electrons. The highest BCUT2D eigenvalue weighted by molar-refractivity contribution is 5.85. The van der Waals surface area contributed by atoms with Gasteiger partial charge in [0.2, 0.25) is 5.91 Å². The second kappa shape index (κ2) is 9.58. The molecule has 0 bridgehead atoms. The summed E-state index contributed by atoms with van der Waals surface area (Å²) in [5.41, 5.74) is 0. The number of guanidine groups is 1. The van der Waals surface area contributed by atoms with Crippen LogP contribution in [0.25, 0.3) is 0 Å². The Labute approximate surface area is 122 Å². The van der Waals surface area contributed by atoms with Gasteiger partial charge < -0.3 is 20.3 Å². The van der Waals surface area contributed by atoms with E-state index in [0.717, 1.165) is 45.0 Å². The highest BCUT2D eigenvalue weighted by Crippen LogP contribution is 2.16. The number of amides is 1. The van der Waals surface area contributed by atoms with E-state index in [9.17, 15) is 4.79 Å². The van der Waals surface area contributed by atoms with Crippen molar-refractivity contribution < 1.29 is 9.53 Å². The number of methoxy groups -OCH3 is 1. The minimum atomic E-state index is -0.0186. The molecular formula is C14H28N4O2. The van der Waals surface area contributed by atoms with Gasteiger partial charge in [-0.05, 0) is 19.8 Å². The number of carbonyl (C=O) groups excluding carboxylic acids is 1. The van der Waals surface area contributed by atoms with Crippen LogP contribution in [0.15, 0.2) is 4.99 Å². The molecule has 0 spiro atoms. The molecule has 1 aliphatic rings. The number of likely N-dealkylation sites (tertiary alicyclic amines) is 1. The maximum Gasteiger partial charge on any atom is 0.241 e. The molecule has 116 valence electrons. The normalized spacial score (nSPS) is 19.2. The average molecular weight is 284 g/mol. The molecule has 1 fully saturated rings. The molecule has 1 atom stereocenters. The maximum atomic E-state index is 11.6. The molecule has 1 unspecified atom stereocenters. The van der Waals surface area contributed by atoms with Crippen molar-refractivity contribution in [1.82, 2.24) is 15.5 Å². The fourth-order valence-electron chi connectivity index (χ4n) is 2.29. The summed E-state index contributed by atoms with van der Waals surface area (Å²) in [4.78, 5) is 18.2. The first-order valence-corrected chi connectivity index (χ1v) is 7.50. The Balaban J connectivity index is 2.49. The van der Waals surface area contributed by atoms with Crippen LogP contribution in [0, 0.1) is 5.92 Å². The summed E-state index contributed by atoms with van der Waals surface area (Å²) in [5.74, 6) is 1.37. The summed E-state index contributed by atoms with van der Waals surface area (Å²) in [7, 11) is 1.74. The third-order valence-electron chi connectivity index (χ3n) is 3.27. The van der Waals surface area contributed by atoms with Gasteiger partial charge in [0.15, 0.2) is 5.96 Å². The highest BCUT2D eigenvalue weighted by atomic mass is 16.5. The van der Waals surface area contributed by atoms with Gasteiger partial charge in [-0.25, -0.2) is 4.99 Å². The zero-order chi connectivity index (χ0) is 14.8. The molecule has 6 nitrogen and oxygen atoms in total. The van der Waals surface area contributed by atoms with Crippen molar-refractivity contribution in [2.45, 2.75) is 26.7 Å². The zero-order valence-corrected chi connectivity index (χ0v) is 12.9. The molecule has 1 amide bonds. The van der Waals surface area contributed by atoms with Crippen LogP contribution in [-0.4, -0.2) is 63.2 Å². The summed E-state index contributed by atoms with van der Waals surface area (Å²) < 4.78 is 5.21. The van der Waals surface area contributed by atoms with Gasteiger partial charge in [0.1, 0.15) is 6.54 Å². The fourth-order valence-corrected chi connectivity index (χ4v) is 2.29. The molecule has 0 saturated carbocycles. The fraction of sp³-hybridized carbons (Fsp3) is 0.857. The predicted molar refractivity (Wildman–Crippen MR) is 80.8 cm³/mol. The monoisotopic (exact) mass is 284 g/mol. The van der Waals surface area contributed by atoms with E-state index in [1.165, 1.54) is 0 Å². The molecule has 1 heterocycles. The average Bonchev–Trinajstić information content (AvgIpc) is 2.90. The van der Waals surface area contributed by atoms with Crippen LogP contribution in [-0.2, 0) is 9.53 Å². The van der Waals surface area contributed by atoms with Gasteiger partial charge in [-0.1, -0.05) is 6.92 Å². The lowest BCUT2D eigenvalue weighted by Gasteiger charge is -2.21. The van der Waals surface area contributed by atoms with Crippen molar-refractivity contribution >= 4 is 11.9 Å². The van der Waals surface area contributed by atoms with Gasteiger partial charge in [0.25, 0.3) is 0 Å². The van der Waals surface area contributed by atoms with Crippen molar-refractivity contribution in [1.29, 1.82) is 0 Å². The Morgan fingerprint density at radius 1 is 1.40 bits per heavy atom. The molecule has 6 heteroatoms. The molecular weight excluding hydrogens is 256 g/mol. The van der Waals surface area contributed by atoms with E-state index in [1.807, 2.05) is 13.8 Å². The van der Waals surface area contributed by atoms with Crippen molar-refractivity contribution in [3.05, 3.63) is 0 Å². The quantitative estimate of drug-likeness (QED) is 0.526. The number of ether oxygens (including phenoxy) is 1. The molecule has 2 N–H and O–H groups in total. The van der Waals surface area contributed by atoms with Crippen LogP contribution < -0.4 is 10.6 Å². The number of rotatable bonds is 7. The van der Waals surface area contributed by atoms with E-state index in [2.05, 4.69) is 20.5 Å². The Kier molecular flexibility index (Phi) is 8.02. The second-order valence-corrected chi connectivity index (χ2v) is 5.08. The third-order valence-corrected chi connectivity index (χ3v) is 3.27. The molecule has 20 heavy (non-hydrogen) atoms. The molecule has 1 rings (SSSR count). The van der Waals surface area contributed by atoms with Crippen molar-refractivity contribution in [2.75, 3.05) is 46.4 Å².